The summed E-state index contributed by atoms with van der Waals surface area (Å²) in [5.74, 6) is 2.59. The van der Waals surface area contributed by atoms with Gasteiger partial charge in [0, 0.05) is 31.0 Å². The Morgan fingerprint density at radius 1 is 1.15 bits per heavy atom. The molecule has 26 heavy (non-hydrogen) atoms. The molecule has 0 bridgehead atoms. The fraction of sp³-hybridized carbons (Fsp3) is 0.200. The van der Waals surface area contributed by atoms with Crippen LogP contribution in [-0.4, -0.2) is 25.9 Å². The maximum atomic E-state index is 5.86. The number of aromatic nitrogens is 4. The Balaban J connectivity index is 1.63. The number of para-hydroxylation sites is 1. The van der Waals surface area contributed by atoms with Crippen LogP contribution in [0.5, 0.6) is 0 Å². The molecule has 1 aromatic carbocycles. The Morgan fingerprint density at radius 2 is 2.08 bits per heavy atom. The van der Waals surface area contributed by atoms with Crippen LogP contribution in [-0.2, 0) is 13.1 Å². The molecule has 1 N–H and O–H groups in total. The monoisotopic (exact) mass is 345 g/mol. The highest BCUT2D eigenvalue weighted by Gasteiger charge is 2.18. The summed E-state index contributed by atoms with van der Waals surface area (Å²) in [7, 11) is 0. The van der Waals surface area contributed by atoms with Crippen LogP contribution in [0.25, 0.3) is 28.5 Å². The Morgan fingerprint density at radius 3 is 2.92 bits per heavy atom. The SMILES string of the molecule is Cc1ccc(-c2ccccc2-n2ccnc2-c2cc3n(n2)CCNC3)o1. The summed E-state index contributed by atoms with van der Waals surface area (Å²) in [6.45, 7) is 4.63. The highest BCUT2D eigenvalue weighted by atomic mass is 16.3. The molecule has 4 aromatic rings. The average molecular weight is 345 g/mol. The van der Waals surface area contributed by atoms with Crippen LogP contribution in [0.2, 0.25) is 0 Å². The molecule has 1 aliphatic heterocycles. The van der Waals surface area contributed by atoms with Gasteiger partial charge in [-0.05, 0) is 37.3 Å². The summed E-state index contributed by atoms with van der Waals surface area (Å²) in [5, 5.41) is 8.13. The van der Waals surface area contributed by atoms with Gasteiger partial charge in [0.2, 0.25) is 0 Å². The first kappa shape index (κ1) is 15.2. The Bertz CT molecular complexity index is 1050. The summed E-state index contributed by atoms with van der Waals surface area (Å²) in [6.07, 6.45) is 3.79. The summed E-state index contributed by atoms with van der Waals surface area (Å²) < 4.78 is 10.00. The van der Waals surface area contributed by atoms with Crippen LogP contribution in [0.1, 0.15) is 11.5 Å². The van der Waals surface area contributed by atoms with Crippen LogP contribution in [0, 0.1) is 6.92 Å². The minimum absolute atomic E-state index is 0.836. The predicted octanol–water partition coefficient (Wildman–Crippen LogP) is 3.41. The van der Waals surface area contributed by atoms with E-state index in [1.807, 2.05) is 43.6 Å². The number of furan rings is 1. The smallest absolute Gasteiger partial charge is 0.165 e. The largest absolute Gasteiger partial charge is 0.461 e. The number of imidazole rings is 1. The van der Waals surface area contributed by atoms with Crippen molar-refractivity contribution in [3.8, 4) is 28.5 Å². The van der Waals surface area contributed by atoms with E-state index < -0.39 is 0 Å². The summed E-state index contributed by atoms with van der Waals surface area (Å²) >= 11 is 0. The van der Waals surface area contributed by atoms with Gasteiger partial charge in [0.1, 0.15) is 17.2 Å². The number of benzene rings is 1. The van der Waals surface area contributed by atoms with Gasteiger partial charge in [0.25, 0.3) is 0 Å². The molecule has 6 nitrogen and oxygen atoms in total. The number of aryl methyl sites for hydroxylation is 1. The lowest BCUT2D eigenvalue weighted by Crippen LogP contribution is -2.28. The van der Waals surface area contributed by atoms with Crippen molar-refractivity contribution in [2.24, 2.45) is 0 Å². The maximum Gasteiger partial charge on any atom is 0.165 e. The van der Waals surface area contributed by atoms with E-state index in [-0.39, 0.29) is 0 Å². The van der Waals surface area contributed by atoms with Crippen molar-refractivity contribution in [1.82, 2.24) is 24.6 Å². The van der Waals surface area contributed by atoms with Crippen LogP contribution in [0.3, 0.4) is 0 Å². The predicted molar refractivity (Wildman–Crippen MR) is 98.9 cm³/mol. The zero-order chi connectivity index (χ0) is 17.5. The van der Waals surface area contributed by atoms with Crippen molar-refractivity contribution in [3.05, 3.63) is 66.3 Å². The first-order valence-electron chi connectivity index (χ1n) is 8.77. The van der Waals surface area contributed by atoms with E-state index in [9.17, 15) is 0 Å². The quantitative estimate of drug-likeness (QED) is 0.618. The molecule has 0 fully saturated rings. The van der Waals surface area contributed by atoms with Gasteiger partial charge < -0.3 is 9.73 Å². The van der Waals surface area contributed by atoms with Crippen molar-refractivity contribution >= 4 is 0 Å². The van der Waals surface area contributed by atoms with Crippen molar-refractivity contribution in [3.63, 3.8) is 0 Å². The molecule has 0 radical (unpaired) electrons. The number of nitrogens with zero attached hydrogens (tertiary/aromatic N) is 4. The molecule has 6 heteroatoms. The van der Waals surface area contributed by atoms with Crippen LogP contribution >= 0.6 is 0 Å². The van der Waals surface area contributed by atoms with Gasteiger partial charge in [-0.3, -0.25) is 9.25 Å². The van der Waals surface area contributed by atoms with E-state index >= 15 is 0 Å². The standard InChI is InChI=1S/C20H19N5O/c1-14-6-7-19(26-14)16-4-2-3-5-18(16)24-10-9-22-20(24)17-12-15-13-21-8-11-25(15)23-17/h2-7,9-10,12,21H,8,11,13H2,1H3. The third-order valence-electron chi connectivity index (χ3n) is 4.71. The third kappa shape index (κ3) is 2.46. The molecule has 1 aliphatic rings. The van der Waals surface area contributed by atoms with E-state index in [0.29, 0.717) is 0 Å². The van der Waals surface area contributed by atoms with Crippen LogP contribution < -0.4 is 5.32 Å². The molecule has 5 rings (SSSR count). The Kier molecular flexibility index (Phi) is 3.50. The van der Waals surface area contributed by atoms with Crippen LogP contribution in [0.15, 0.2) is 59.3 Å². The lowest BCUT2D eigenvalue weighted by Gasteiger charge is -2.13. The van der Waals surface area contributed by atoms with Gasteiger partial charge in [-0.15, -0.1) is 0 Å². The topological polar surface area (TPSA) is 60.8 Å². The number of nitrogens with one attached hydrogen (secondary N) is 1. The number of hydrogen-bond acceptors (Lipinski definition) is 4. The number of fused-ring (bicyclic) bond motifs is 1. The fourth-order valence-electron chi connectivity index (χ4n) is 3.46. The van der Waals surface area contributed by atoms with Crippen molar-refractivity contribution < 1.29 is 4.42 Å². The highest BCUT2D eigenvalue weighted by molar-refractivity contribution is 5.71. The second-order valence-corrected chi connectivity index (χ2v) is 6.47. The van der Waals surface area contributed by atoms with Gasteiger partial charge >= 0.3 is 0 Å². The third-order valence-corrected chi connectivity index (χ3v) is 4.71. The van der Waals surface area contributed by atoms with Crippen molar-refractivity contribution in [2.45, 2.75) is 20.0 Å². The second kappa shape index (κ2) is 6.00. The molecule has 0 saturated carbocycles. The van der Waals surface area contributed by atoms with E-state index in [2.05, 4.69) is 37.7 Å². The molecule has 0 aliphatic carbocycles. The lowest BCUT2D eigenvalue weighted by atomic mass is 10.1. The molecule has 3 aromatic heterocycles. The van der Waals surface area contributed by atoms with E-state index in [1.54, 1.807) is 0 Å². The fourth-order valence-corrected chi connectivity index (χ4v) is 3.46. The average Bonchev–Trinajstić information content (AvgIpc) is 3.40. The minimum Gasteiger partial charge on any atom is -0.461 e. The zero-order valence-corrected chi connectivity index (χ0v) is 14.5. The van der Waals surface area contributed by atoms with Gasteiger partial charge in [0.05, 0.1) is 17.9 Å². The van der Waals surface area contributed by atoms with E-state index in [1.165, 1.54) is 5.69 Å². The molecule has 0 saturated heterocycles. The normalized spacial score (nSPS) is 13.7. The van der Waals surface area contributed by atoms with Crippen LogP contribution in [0.4, 0.5) is 0 Å². The molecule has 130 valence electrons. The van der Waals surface area contributed by atoms with E-state index in [4.69, 9.17) is 9.52 Å². The number of hydrogen-bond donors (Lipinski definition) is 1. The van der Waals surface area contributed by atoms with Gasteiger partial charge in [-0.25, -0.2) is 4.98 Å². The van der Waals surface area contributed by atoms with E-state index in [0.717, 1.165) is 53.9 Å². The Hall–Kier alpha value is -3.12. The summed E-state index contributed by atoms with van der Waals surface area (Å²) in [4.78, 5) is 4.58. The molecule has 0 atom stereocenters. The first-order valence-corrected chi connectivity index (χ1v) is 8.77. The highest BCUT2D eigenvalue weighted by Crippen LogP contribution is 2.31. The van der Waals surface area contributed by atoms with Gasteiger partial charge in [0.15, 0.2) is 5.82 Å². The number of rotatable bonds is 3. The van der Waals surface area contributed by atoms with Crippen molar-refractivity contribution in [1.29, 1.82) is 0 Å². The molecule has 0 unspecified atom stereocenters. The summed E-state index contributed by atoms with van der Waals surface area (Å²) in [6, 6.07) is 14.3. The lowest BCUT2D eigenvalue weighted by molar-refractivity contribution is 0.476. The van der Waals surface area contributed by atoms with Gasteiger partial charge in [-0.2, -0.15) is 5.10 Å². The second-order valence-electron chi connectivity index (χ2n) is 6.47. The van der Waals surface area contributed by atoms with Crippen molar-refractivity contribution in [2.75, 3.05) is 6.54 Å². The first-order chi connectivity index (χ1) is 12.8. The van der Waals surface area contributed by atoms with Gasteiger partial charge in [-0.1, -0.05) is 12.1 Å². The minimum atomic E-state index is 0.836. The molecular weight excluding hydrogens is 326 g/mol. The zero-order valence-electron chi connectivity index (χ0n) is 14.5. The molecule has 4 heterocycles. The molecular formula is C20H19N5O. The maximum absolute atomic E-state index is 5.86. The molecule has 0 amide bonds. The Labute approximate surface area is 151 Å². The summed E-state index contributed by atoms with van der Waals surface area (Å²) in [5.41, 5.74) is 4.14. The molecule has 0 spiro atoms.